The predicted molar refractivity (Wildman–Crippen MR) is 77.0 cm³/mol. The van der Waals surface area contributed by atoms with Gasteiger partial charge in [0.05, 0.1) is 21.5 Å². The average molecular weight is 326 g/mol. The summed E-state index contributed by atoms with van der Waals surface area (Å²) in [6, 6.07) is 7.63. The molecule has 2 fully saturated rings. The fourth-order valence-corrected chi connectivity index (χ4v) is 3.33. The maximum atomic E-state index is 11.1. The molecule has 0 N–H and O–H groups in total. The fourth-order valence-electron chi connectivity index (χ4n) is 3.04. The largest absolute Gasteiger partial charge is 0.430 e. The summed E-state index contributed by atoms with van der Waals surface area (Å²) in [7, 11) is 0. The molecule has 21 heavy (non-hydrogen) atoms. The molecule has 0 radical (unpaired) electrons. The van der Waals surface area contributed by atoms with Crippen molar-refractivity contribution < 1.29 is 14.3 Å². The number of esters is 1. The highest BCUT2D eigenvalue weighted by Crippen LogP contribution is 2.55. The van der Waals surface area contributed by atoms with Crippen molar-refractivity contribution in [2.45, 2.75) is 43.5 Å². The second-order valence-corrected chi connectivity index (χ2v) is 6.35. The smallest absolute Gasteiger partial charge is 0.305 e. The molecule has 0 spiro atoms. The lowest BCUT2D eigenvalue weighted by molar-refractivity contribution is -0.157. The van der Waals surface area contributed by atoms with Crippen LogP contribution >= 0.6 is 23.2 Å². The number of nitriles is 1. The Kier molecular flexibility index (Phi) is 3.40. The molecular weight excluding hydrogens is 313 g/mol. The molecular formula is C15H13Cl2NO3. The van der Waals surface area contributed by atoms with Crippen molar-refractivity contribution in [3.05, 3.63) is 33.8 Å². The van der Waals surface area contributed by atoms with E-state index in [2.05, 4.69) is 6.07 Å². The van der Waals surface area contributed by atoms with Crippen molar-refractivity contribution in [1.82, 2.24) is 0 Å². The molecule has 2 aliphatic rings. The van der Waals surface area contributed by atoms with Crippen molar-refractivity contribution in [2.75, 3.05) is 0 Å². The summed E-state index contributed by atoms with van der Waals surface area (Å²) < 4.78 is 10.8. The summed E-state index contributed by atoms with van der Waals surface area (Å²) in [6.45, 7) is 1.36. The summed E-state index contributed by atoms with van der Waals surface area (Å²) in [5.74, 6) is -1.18. The lowest BCUT2D eigenvalue weighted by Gasteiger charge is -2.32. The van der Waals surface area contributed by atoms with Gasteiger partial charge in [0.25, 0.3) is 0 Å². The number of hydrogen-bond donors (Lipinski definition) is 0. The molecule has 1 saturated heterocycles. The lowest BCUT2D eigenvalue weighted by Crippen LogP contribution is -2.37. The van der Waals surface area contributed by atoms with Gasteiger partial charge in [0.2, 0.25) is 5.79 Å². The highest BCUT2D eigenvalue weighted by molar-refractivity contribution is 6.42. The van der Waals surface area contributed by atoms with Gasteiger partial charge in [-0.15, -0.1) is 0 Å². The molecule has 6 heteroatoms. The van der Waals surface area contributed by atoms with Crippen LogP contribution in [0.2, 0.25) is 10.0 Å². The summed E-state index contributed by atoms with van der Waals surface area (Å²) in [5, 5.41) is 10.6. The molecule has 1 aromatic carbocycles. The van der Waals surface area contributed by atoms with E-state index < -0.39 is 11.2 Å². The molecule has 1 saturated carbocycles. The van der Waals surface area contributed by atoms with Gasteiger partial charge < -0.3 is 9.47 Å². The molecule has 0 bridgehead atoms. The van der Waals surface area contributed by atoms with Crippen LogP contribution in [0.3, 0.4) is 0 Å². The number of ether oxygens (including phenoxy) is 2. The number of nitrogens with zero attached hydrogens (tertiary/aromatic N) is 1. The second kappa shape index (κ2) is 4.88. The van der Waals surface area contributed by atoms with Crippen LogP contribution in [0.1, 0.15) is 31.7 Å². The maximum absolute atomic E-state index is 11.1. The SMILES string of the molecule is CC(=O)OC12CCC(C#N)(c3ccc(Cl)c(Cl)c3)CC1O2. The number of epoxide rings is 1. The normalized spacial score (nSPS) is 33.7. The third kappa shape index (κ3) is 2.40. The topological polar surface area (TPSA) is 62.6 Å². The second-order valence-electron chi connectivity index (χ2n) is 5.54. The molecule has 1 aromatic rings. The Bertz CT molecular complexity index is 657. The Morgan fingerprint density at radius 3 is 2.76 bits per heavy atom. The van der Waals surface area contributed by atoms with E-state index >= 15 is 0 Å². The van der Waals surface area contributed by atoms with E-state index in [-0.39, 0.29) is 12.1 Å². The molecule has 3 atom stereocenters. The van der Waals surface area contributed by atoms with E-state index in [1.54, 1.807) is 12.1 Å². The number of fused-ring (bicyclic) bond motifs is 1. The molecule has 1 heterocycles. The van der Waals surface area contributed by atoms with Crippen molar-refractivity contribution >= 4 is 29.2 Å². The first-order valence-electron chi connectivity index (χ1n) is 6.65. The highest BCUT2D eigenvalue weighted by Gasteiger charge is 2.66. The van der Waals surface area contributed by atoms with Crippen LogP contribution in [0.4, 0.5) is 0 Å². The van der Waals surface area contributed by atoms with Gasteiger partial charge in [-0.05, 0) is 24.1 Å². The molecule has 3 unspecified atom stereocenters. The molecule has 0 aromatic heterocycles. The highest BCUT2D eigenvalue weighted by atomic mass is 35.5. The summed E-state index contributed by atoms with van der Waals surface area (Å²) >= 11 is 12.0. The number of rotatable bonds is 2. The number of hydrogen-bond acceptors (Lipinski definition) is 4. The quantitative estimate of drug-likeness (QED) is 0.615. The maximum Gasteiger partial charge on any atom is 0.305 e. The summed E-state index contributed by atoms with van der Waals surface area (Å²) in [4.78, 5) is 11.1. The number of benzene rings is 1. The first kappa shape index (κ1) is 14.6. The Morgan fingerprint density at radius 1 is 1.43 bits per heavy atom. The molecule has 1 aliphatic heterocycles. The van der Waals surface area contributed by atoms with Gasteiger partial charge in [-0.25, -0.2) is 0 Å². The van der Waals surface area contributed by atoms with Crippen LogP contribution in [0.25, 0.3) is 0 Å². The van der Waals surface area contributed by atoms with Crippen LogP contribution in [0, 0.1) is 11.3 Å². The first-order chi connectivity index (χ1) is 9.91. The van der Waals surface area contributed by atoms with Gasteiger partial charge in [0.1, 0.15) is 6.10 Å². The minimum Gasteiger partial charge on any atom is -0.430 e. The van der Waals surface area contributed by atoms with Gasteiger partial charge >= 0.3 is 5.97 Å². The minimum atomic E-state index is -0.817. The zero-order valence-corrected chi connectivity index (χ0v) is 12.9. The van der Waals surface area contributed by atoms with E-state index in [0.29, 0.717) is 29.3 Å². The Morgan fingerprint density at radius 2 is 2.19 bits per heavy atom. The van der Waals surface area contributed by atoms with Gasteiger partial charge in [0.15, 0.2) is 0 Å². The number of carbonyl (C=O) groups excluding carboxylic acids is 1. The summed E-state index contributed by atoms with van der Waals surface area (Å²) in [6.07, 6.45) is 1.30. The standard InChI is InChI=1S/C15H13Cl2NO3/c1-9(19)20-15-5-4-14(8-18,7-13(15)21-15)10-2-3-11(16)12(17)6-10/h2-3,6,13H,4-5,7H2,1H3. The zero-order chi connectivity index (χ0) is 15.3. The van der Waals surface area contributed by atoms with Crippen molar-refractivity contribution in [3.63, 3.8) is 0 Å². The van der Waals surface area contributed by atoms with E-state index in [1.807, 2.05) is 6.07 Å². The van der Waals surface area contributed by atoms with Gasteiger partial charge in [-0.3, -0.25) is 4.79 Å². The van der Waals surface area contributed by atoms with Crippen molar-refractivity contribution in [2.24, 2.45) is 0 Å². The Balaban J connectivity index is 1.86. The van der Waals surface area contributed by atoms with Gasteiger partial charge in [-0.2, -0.15) is 5.26 Å². The third-order valence-electron chi connectivity index (χ3n) is 4.21. The van der Waals surface area contributed by atoms with Crippen LogP contribution in [-0.4, -0.2) is 17.9 Å². The molecule has 0 amide bonds. The third-order valence-corrected chi connectivity index (χ3v) is 4.95. The van der Waals surface area contributed by atoms with E-state index in [4.69, 9.17) is 32.7 Å². The minimum absolute atomic E-state index is 0.232. The van der Waals surface area contributed by atoms with Crippen LogP contribution in [0.15, 0.2) is 18.2 Å². The Labute approximate surface area is 132 Å². The summed E-state index contributed by atoms with van der Waals surface area (Å²) in [5.41, 5.74) is 0.144. The first-order valence-corrected chi connectivity index (χ1v) is 7.41. The Hall–Kier alpha value is -1.28. The number of carbonyl (C=O) groups is 1. The van der Waals surface area contributed by atoms with Crippen molar-refractivity contribution in [1.29, 1.82) is 5.26 Å². The zero-order valence-electron chi connectivity index (χ0n) is 11.4. The van der Waals surface area contributed by atoms with Crippen LogP contribution in [0.5, 0.6) is 0 Å². The fraction of sp³-hybridized carbons (Fsp3) is 0.467. The van der Waals surface area contributed by atoms with Crippen LogP contribution < -0.4 is 0 Å². The van der Waals surface area contributed by atoms with Gasteiger partial charge in [0, 0.05) is 19.8 Å². The lowest BCUT2D eigenvalue weighted by atomic mass is 9.70. The van der Waals surface area contributed by atoms with Gasteiger partial charge in [-0.1, -0.05) is 29.3 Å². The average Bonchev–Trinajstić information content (AvgIpc) is 3.13. The van der Waals surface area contributed by atoms with E-state index in [9.17, 15) is 10.1 Å². The molecule has 3 rings (SSSR count). The molecule has 110 valence electrons. The molecule has 1 aliphatic carbocycles. The molecule has 4 nitrogen and oxygen atoms in total. The predicted octanol–water partition coefficient (Wildman–Crippen LogP) is 3.60. The van der Waals surface area contributed by atoms with Crippen LogP contribution in [-0.2, 0) is 19.7 Å². The monoisotopic (exact) mass is 325 g/mol. The van der Waals surface area contributed by atoms with E-state index in [0.717, 1.165) is 5.56 Å². The van der Waals surface area contributed by atoms with E-state index in [1.165, 1.54) is 6.92 Å². The van der Waals surface area contributed by atoms with Crippen molar-refractivity contribution in [3.8, 4) is 6.07 Å². The number of halogens is 2.